The van der Waals surface area contributed by atoms with Crippen molar-refractivity contribution in [3.05, 3.63) is 35.4 Å². The molecule has 15 heavy (non-hydrogen) atoms. The van der Waals surface area contributed by atoms with E-state index in [-0.39, 0.29) is 11.5 Å². The minimum Gasteiger partial charge on any atom is -0.271 e. The molecule has 0 saturated heterocycles. The van der Waals surface area contributed by atoms with E-state index in [2.05, 4.69) is 5.43 Å². The highest BCUT2D eigenvalue weighted by molar-refractivity contribution is 5.22. The minimum absolute atomic E-state index is 0.213. The molecule has 0 radical (unpaired) electrons. The van der Waals surface area contributed by atoms with Gasteiger partial charge in [-0.2, -0.15) is 0 Å². The number of nitrogens with one attached hydrogen (secondary N) is 1. The highest BCUT2D eigenvalue weighted by Crippen LogP contribution is 2.32. The summed E-state index contributed by atoms with van der Waals surface area (Å²) in [5, 5.41) is 0. The third-order valence-corrected chi connectivity index (χ3v) is 2.25. The summed E-state index contributed by atoms with van der Waals surface area (Å²) in [4.78, 5) is 0. The first kappa shape index (κ1) is 12.1. The van der Waals surface area contributed by atoms with Crippen LogP contribution in [0, 0.1) is 17.0 Å². The number of nitrogens with two attached hydrogens (primary N) is 1. The minimum atomic E-state index is -0.588. The van der Waals surface area contributed by atoms with Crippen molar-refractivity contribution in [2.24, 2.45) is 11.3 Å². The third-order valence-electron chi connectivity index (χ3n) is 2.25. The van der Waals surface area contributed by atoms with Crippen LogP contribution in [0.2, 0.25) is 0 Å². The van der Waals surface area contributed by atoms with Gasteiger partial charge in [0.2, 0.25) is 0 Å². The Hall–Kier alpha value is -1.00. The predicted octanol–water partition coefficient (Wildman–Crippen LogP) is 2.52. The number of halogens is 2. The van der Waals surface area contributed by atoms with Gasteiger partial charge in [0, 0.05) is 6.07 Å². The number of hydrogen-bond acceptors (Lipinski definition) is 2. The van der Waals surface area contributed by atoms with Gasteiger partial charge in [0.25, 0.3) is 0 Å². The molecule has 1 unspecified atom stereocenters. The second-order valence-electron chi connectivity index (χ2n) is 4.67. The molecule has 84 valence electrons. The van der Waals surface area contributed by atoms with E-state index in [0.717, 1.165) is 6.07 Å². The second-order valence-corrected chi connectivity index (χ2v) is 4.67. The average molecular weight is 214 g/mol. The van der Waals surface area contributed by atoms with Gasteiger partial charge in [-0.25, -0.2) is 8.78 Å². The molecule has 0 aromatic heterocycles. The van der Waals surface area contributed by atoms with E-state index >= 15 is 0 Å². The Morgan fingerprint density at radius 1 is 1.13 bits per heavy atom. The van der Waals surface area contributed by atoms with Crippen LogP contribution in [0.25, 0.3) is 0 Å². The molecule has 2 nitrogen and oxygen atoms in total. The summed E-state index contributed by atoms with van der Waals surface area (Å²) in [7, 11) is 0. The highest BCUT2D eigenvalue weighted by Gasteiger charge is 2.25. The van der Waals surface area contributed by atoms with Crippen LogP contribution in [0.4, 0.5) is 8.78 Å². The van der Waals surface area contributed by atoms with E-state index in [1.807, 2.05) is 20.8 Å². The Bertz CT molecular complexity index is 325. The molecule has 0 saturated carbocycles. The Morgan fingerprint density at radius 3 is 1.93 bits per heavy atom. The molecular formula is C11H16F2N2. The summed E-state index contributed by atoms with van der Waals surface area (Å²) in [6, 6.07) is 3.14. The number of hydrogen-bond donors (Lipinski definition) is 2. The summed E-state index contributed by atoms with van der Waals surface area (Å²) < 4.78 is 26.0. The summed E-state index contributed by atoms with van der Waals surface area (Å²) in [6.07, 6.45) is 0. The van der Waals surface area contributed by atoms with Crippen LogP contribution >= 0.6 is 0 Å². The molecule has 0 heterocycles. The molecule has 1 aromatic rings. The predicted molar refractivity (Wildman–Crippen MR) is 55.9 cm³/mol. The van der Waals surface area contributed by atoms with E-state index < -0.39 is 11.6 Å². The van der Waals surface area contributed by atoms with E-state index in [1.165, 1.54) is 12.1 Å². The van der Waals surface area contributed by atoms with Crippen LogP contribution < -0.4 is 11.3 Å². The first-order chi connectivity index (χ1) is 6.84. The lowest BCUT2D eigenvalue weighted by atomic mass is 9.83. The van der Waals surface area contributed by atoms with E-state index in [9.17, 15) is 8.78 Å². The topological polar surface area (TPSA) is 38.0 Å². The lowest BCUT2D eigenvalue weighted by Gasteiger charge is -2.30. The molecule has 0 amide bonds. The number of benzene rings is 1. The van der Waals surface area contributed by atoms with Crippen molar-refractivity contribution in [1.29, 1.82) is 0 Å². The largest absolute Gasteiger partial charge is 0.271 e. The van der Waals surface area contributed by atoms with Gasteiger partial charge in [-0.15, -0.1) is 0 Å². The maximum Gasteiger partial charge on any atom is 0.126 e. The molecule has 0 fully saturated rings. The number of rotatable bonds is 2. The summed E-state index contributed by atoms with van der Waals surface area (Å²) in [5.74, 6) is 4.22. The van der Waals surface area contributed by atoms with Gasteiger partial charge in [-0.05, 0) is 23.1 Å². The normalized spacial score (nSPS) is 14.0. The molecule has 0 spiro atoms. The zero-order valence-electron chi connectivity index (χ0n) is 9.14. The van der Waals surface area contributed by atoms with Gasteiger partial charge in [0.1, 0.15) is 11.6 Å². The van der Waals surface area contributed by atoms with Crippen molar-refractivity contribution >= 4 is 0 Å². The van der Waals surface area contributed by atoms with E-state index in [1.54, 1.807) is 0 Å². The molecule has 4 heteroatoms. The third kappa shape index (κ3) is 2.97. The molecule has 1 atom stereocenters. The maximum atomic E-state index is 13.0. The zero-order chi connectivity index (χ0) is 11.6. The van der Waals surface area contributed by atoms with Crippen molar-refractivity contribution < 1.29 is 8.78 Å². The van der Waals surface area contributed by atoms with Crippen molar-refractivity contribution in [3.63, 3.8) is 0 Å². The quantitative estimate of drug-likeness (QED) is 0.586. The molecule has 0 aliphatic heterocycles. The fraction of sp³-hybridized carbons (Fsp3) is 0.455. The Morgan fingerprint density at radius 2 is 1.60 bits per heavy atom. The Kier molecular flexibility index (Phi) is 3.42. The van der Waals surface area contributed by atoms with Gasteiger partial charge in [-0.3, -0.25) is 11.3 Å². The molecule has 0 bridgehead atoms. The van der Waals surface area contributed by atoms with Gasteiger partial charge in [0.15, 0.2) is 0 Å². The fourth-order valence-electron chi connectivity index (χ4n) is 1.59. The van der Waals surface area contributed by atoms with Crippen LogP contribution in [-0.4, -0.2) is 0 Å². The fourth-order valence-corrected chi connectivity index (χ4v) is 1.59. The van der Waals surface area contributed by atoms with E-state index in [4.69, 9.17) is 5.84 Å². The molecule has 1 aromatic carbocycles. The van der Waals surface area contributed by atoms with Gasteiger partial charge >= 0.3 is 0 Å². The van der Waals surface area contributed by atoms with Crippen molar-refractivity contribution in [2.45, 2.75) is 26.8 Å². The summed E-state index contributed by atoms with van der Waals surface area (Å²) in [6.45, 7) is 5.83. The summed E-state index contributed by atoms with van der Waals surface area (Å²) >= 11 is 0. The first-order valence-corrected chi connectivity index (χ1v) is 4.76. The van der Waals surface area contributed by atoms with Crippen molar-refractivity contribution in [3.8, 4) is 0 Å². The van der Waals surface area contributed by atoms with Crippen molar-refractivity contribution in [1.82, 2.24) is 5.43 Å². The van der Waals surface area contributed by atoms with Crippen LogP contribution in [-0.2, 0) is 0 Å². The van der Waals surface area contributed by atoms with Gasteiger partial charge in [-0.1, -0.05) is 20.8 Å². The van der Waals surface area contributed by atoms with Crippen LogP contribution in [0.1, 0.15) is 32.4 Å². The Balaban J connectivity index is 3.13. The highest BCUT2D eigenvalue weighted by atomic mass is 19.1. The second kappa shape index (κ2) is 4.24. The maximum absolute atomic E-state index is 13.0. The molecule has 3 N–H and O–H groups in total. The molecule has 0 aliphatic carbocycles. The molecule has 1 rings (SSSR count). The van der Waals surface area contributed by atoms with Crippen LogP contribution in [0.15, 0.2) is 18.2 Å². The van der Waals surface area contributed by atoms with E-state index in [0.29, 0.717) is 5.56 Å². The van der Waals surface area contributed by atoms with Crippen LogP contribution in [0.5, 0.6) is 0 Å². The smallest absolute Gasteiger partial charge is 0.126 e. The molecular weight excluding hydrogens is 198 g/mol. The number of hydrazine groups is 1. The SMILES string of the molecule is CC(C)(C)C(NN)c1cc(F)cc(F)c1. The lowest BCUT2D eigenvalue weighted by molar-refractivity contribution is 0.274. The Labute approximate surface area is 88.4 Å². The lowest BCUT2D eigenvalue weighted by Crippen LogP contribution is -2.36. The molecule has 0 aliphatic rings. The van der Waals surface area contributed by atoms with Crippen LogP contribution in [0.3, 0.4) is 0 Å². The standard InChI is InChI=1S/C11H16F2N2/c1-11(2,3)10(15-14)7-4-8(12)6-9(13)5-7/h4-6,10,15H,14H2,1-3H3. The monoisotopic (exact) mass is 214 g/mol. The zero-order valence-corrected chi connectivity index (χ0v) is 9.14. The van der Waals surface area contributed by atoms with Gasteiger partial charge in [0.05, 0.1) is 6.04 Å². The summed E-state index contributed by atoms with van der Waals surface area (Å²) in [5.41, 5.74) is 2.88. The average Bonchev–Trinajstić information content (AvgIpc) is 1.99. The van der Waals surface area contributed by atoms with Gasteiger partial charge < -0.3 is 0 Å². The first-order valence-electron chi connectivity index (χ1n) is 4.76. The van der Waals surface area contributed by atoms with Crippen molar-refractivity contribution in [2.75, 3.05) is 0 Å².